The molecule has 0 aromatic carbocycles. The number of morpholine rings is 1. The molecule has 2 fully saturated rings. The Labute approximate surface area is 208 Å². The van der Waals surface area contributed by atoms with Crippen LogP contribution in [0.25, 0.3) is 0 Å². The maximum atomic E-state index is 13.9. The lowest BCUT2D eigenvalue weighted by molar-refractivity contribution is -0.149. The number of carbonyl (C=O) groups is 1. The van der Waals surface area contributed by atoms with Crippen molar-refractivity contribution in [1.29, 1.82) is 0 Å². The Morgan fingerprint density at radius 2 is 2.00 bits per heavy atom. The molecule has 0 saturated carbocycles. The molecule has 2 aliphatic heterocycles. The maximum Gasteiger partial charge on any atom is 0.253 e. The number of ether oxygens (including phenoxy) is 4. The Bertz CT molecular complexity index is 815. The molecule has 0 bridgehead atoms. The number of hydrogen-bond donors (Lipinski definition) is 0. The summed E-state index contributed by atoms with van der Waals surface area (Å²) in [5, 5.41) is 0. The number of amides is 1. The van der Waals surface area contributed by atoms with Crippen LogP contribution in [0.5, 0.6) is 0 Å². The van der Waals surface area contributed by atoms with Crippen molar-refractivity contribution in [2.45, 2.75) is 63.4 Å². The van der Waals surface area contributed by atoms with Gasteiger partial charge in [0.05, 0.1) is 18.8 Å². The molecule has 4 aliphatic rings. The normalized spacial score (nSPS) is 32.1. The summed E-state index contributed by atoms with van der Waals surface area (Å²) in [7, 11) is 1.55. The molecule has 196 valence electrons. The highest BCUT2D eigenvalue weighted by Crippen LogP contribution is 2.29. The summed E-state index contributed by atoms with van der Waals surface area (Å²) in [6.45, 7) is 11.2. The van der Waals surface area contributed by atoms with Gasteiger partial charge in [-0.25, -0.2) is 4.39 Å². The van der Waals surface area contributed by atoms with E-state index in [0.717, 1.165) is 51.1 Å². The van der Waals surface area contributed by atoms with Crippen molar-refractivity contribution in [1.82, 2.24) is 9.80 Å². The molecule has 2 heterocycles. The van der Waals surface area contributed by atoms with E-state index < -0.39 is 12.2 Å². The lowest BCUT2D eigenvalue weighted by Gasteiger charge is -2.38. The molecule has 4 rings (SSSR count). The molecule has 35 heavy (non-hydrogen) atoms. The molecule has 0 spiro atoms. The largest absolute Gasteiger partial charge is 0.375 e. The number of halogens is 1. The Morgan fingerprint density at radius 3 is 2.77 bits per heavy atom. The van der Waals surface area contributed by atoms with Crippen LogP contribution >= 0.6 is 0 Å². The molecular formula is C27H41FN2O5. The highest BCUT2D eigenvalue weighted by molar-refractivity contribution is 5.82. The van der Waals surface area contributed by atoms with Gasteiger partial charge in [-0.2, -0.15) is 0 Å². The van der Waals surface area contributed by atoms with Crippen LogP contribution in [-0.2, 0) is 23.7 Å². The van der Waals surface area contributed by atoms with Crippen LogP contribution in [0.4, 0.5) is 4.39 Å². The number of rotatable bonds is 8. The van der Waals surface area contributed by atoms with Crippen molar-refractivity contribution in [3.05, 3.63) is 35.7 Å². The van der Waals surface area contributed by atoms with Gasteiger partial charge in [0.15, 0.2) is 0 Å². The molecule has 0 radical (unpaired) electrons. The summed E-state index contributed by atoms with van der Waals surface area (Å²) >= 11 is 0. The van der Waals surface area contributed by atoms with E-state index in [1.807, 2.05) is 11.8 Å². The minimum atomic E-state index is -0.508. The summed E-state index contributed by atoms with van der Waals surface area (Å²) < 4.78 is 37.1. The van der Waals surface area contributed by atoms with Gasteiger partial charge in [0.25, 0.3) is 5.91 Å². The van der Waals surface area contributed by atoms with Crippen LogP contribution in [0.1, 0.15) is 39.0 Å². The second-order valence-electron chi connectivity index (χ2n) is 10.4. The number of methoxy groups -OCH3 is 1. The lowest BCUT2D eigenvalue weighted by Crippen LogP contribution is -2.52. The zero-order chi connectivity index (χ0) is 24.8. The van der Waals surface area contributed by atoms with Gasteiger partial charge in [-0.1, -0.05) is 23.8 Å². The molecule has 8 heteroatoms. The van der Waals surface area contributed by atoms with E-state index in [2.05, 4.69) is 17.6 Å². The highest BCUT2D eigenvalue weighted by Gasteiger charge is 2.34. The van der Waals surface area contributed by atoms with Crippen molar-refractivity contribution in [3.63, 3.8) is 0 Å². The fourth-order valence-electron chi connectivity index (χ4n) is 5.56. The van der Waals surface area contributed by atoms with Gasteiger partial charge >= 0.3 is 0 Å². The summed E-state index contributed by atoms with van der Waals surface area (Å²) in [5.74, 6) is 0.142. The predicted molar refractivity (Wildman–Crippen MR) is 132 cm³/mol. The minimum Gasteiger partial charge on any atom is -0.375 e. The molecule has 1 amide bonds. The van der Waals surface area contributed by atoms with E-state index in [9.17, 15) is 9.18 Å². The van der Waals surface area contributed by atoms with E-state index >= 15 is 0 Å². The van der Waals surface area contributed by atoms with Gasteiger partial charge in [0.1, 0.15) is 18.0 Å². The van der Waals surface area contributed by atoms with E-state index in [0.29, 0.717) is 45.0 Å². The first-order valence-electron chi connectivity index (χ1n) is 13.0. The lowest BCUT2D eigenvalue weighted by atomic mass is 9.91. The fourth-order valence-corrected chi connectivity index (χ4v) is 5.56. The van der Waals surface area contributed by atoms with Gasteiger partial charge in [0.2, 0.25) is 0 Å². The third kappa shape index (κ3) is 7.23. The molecule has 2 aliphatic carbocycles. The molecule has 5 atom stereocenters. The molecular weight excluding hydrogens is 451 g/mol. The number of fused-ring (bicyclic) bond motifs is 1. The average molecular weight is 493 g/mol. The second-order valence-corrected chi connectivity index (χ2v) is 10.4. The molecule has 0 aromatic rings. The summed E-state index contributed by atoms with van der Waals surface area (Å²) in [5.41, 5.74) is 2.15. The third-order valence-electron chi connectivity index (χ3n) is 7.36. The molecule has 0 N–H and O–H groups in total. The number of hydrogen-bond acceptors (Lipinski definition) is 6. The van der Waals surface area contributed by atoms with Crippen molar-refractivity contribution in [2.75, 3.05) is 59.7 Å². The van der Waals surface area contributed by atoms with Crippen LogP contribution in [0.2, 0.25) is 0 Å². The highest BCUT2D eigenvalue weighted by atomic mass is 19.1. The van der Waals surface area contributed by atoms with Crippen LogP contribution in [0.15, 0.2) is 35.7 Å². The van der Waals surface area contributed by atoms with Crippen LogP contribution in [0.3, 0.4) is 0 Å². The van der Waals surface area contributed by atoms with Gasteiger partial charge in [-0.3, -0.25) is 9.69 Å². The molecule has 7 nitrogen and oxygen atoms in total. The van der Waals surface area contributed by atoms with Crippen molar-refractivity contribution >= 4 is 5.91 Å². The van der Waals surface area contributed by atoms with E-state index in [-0.39, 0.29) is 23.9 Å². The van der Waals surface area contributed by atoms with Gasteiger partial charge in [-0.05, 0) is 51.0 Å². The smallest absolute Gasteiger partial charge is 0.253 e. The van der Waals surface area contributed by atoms with Gasteiger partial charge in [-0.15, -0.1) is 0 Å². The first kappa shape index (κ1) is 26.5. The summed E-state index contributed by atoms with van der Waals surface area (Å²) in [6, 6.07) is 0. The second kappa shape index (κ2) is 12.6. The SMILES string of the molecule is C=C(C)CN(CC1=CCC2OCCCOC2C1)C(=O)C1CN(CC2CC=C(F)C(OC)C2)CCO1. The molecule has 2 saturated heterocycles. The first-order valence-corrected chi connectivity index (χ1v) is 13.0. The predicted octanol–water partition coefficient (Wildman–Crippen LogP) is 3.26. The number of nitrogens with zero attached hydrogens (tertiary/aromatic N) is 2. The molecule has 0 aromatic heterocycles. The van der Waals surface area contributed by atoms with Gasteiger partial charge < -0.3 is 23.8 Å². The zero-order valence-corrected chi connectivity index (χ0v) is 21.3. The fraction of sp³-hybridized carbons (Fsp3) is 0.741. The first-order chi connectivity index (χ1) is 16.9. The van der Waals surface area contributed by atoms with E-state index in [1.165, 1.54) is 5.57 Å². The van der Waals surface area contributed by atoms with Crippen molar-refractivity contribution < 1.29 is 28.1 Å². The van der Waals surface area contributed by atoms with Gasteiger partial charge in [0, 0.05) is 53.0 Å². The summed E-state index contributed by atoms with van der Waals surface area (Å²) in [4.78, 5) is 17.7. The Morgan fingerprint density at radius 1 is 1.20 bits per heavy atom. The number of carbonyl (C=O) groups excluding carboxylic acids is 1. The third-order valence-corrected chi connectivity index (χ3v) is 7.36. The summed E-state index contributed by atoms with van der Waals surface area (Å²) in [6.07, 6.45) is 6.97. The Balaban J connectivity index is 1.35. The van der Waals surface area contributed by atoms with Crippen molar-refractivity contribution in [3.8, 4) is 0 Å². The average Bonchev–Trinajstić information content (AvgIpc) is 3.09. The Hall–Kier alpha value is -1.58. The standard InChI is InChI=1S/C27H41FN2O5/c1-19(2)15-30(17-21-6-8-23-25(14-21)34-11-4-10-33-23)27(31)26-18-29(9-12-35-26)16-20-5-7-22(28)24(13-20)32-3/h6-7,20,23-26H,1,4-5,8-18H2,2-3H3. The van der Waals surface area contributed by atoms with E-state index in [4.69, 9.17) is 18.9 Å². The quantitative estimate of drug-likeness (QED) is 0.485. The maximum absolute atomic E-state index is 13.9. The van der Waals surface area contributed by atoms with Crippen LogP contribution in [-0.4, -0.2) is 99.8 Å². The zero-order valence-electron chi connectivity index (χ0n) is 21.3. The molecule has 5 unspecified atom stereocenters. The minimum absolute atomic E-state index is 0.00288. The van der Waals surface area contributed by atoms with E-state index in [1.54, 1.807) is 13.2 Å². The van der Waals surface area contributed by atoms with Crippen LogP contribution < -0.4 is 0 Å². The topological polar surface area (TPSA) is 60.5 Å². The monoisotopic (exact) mass is 492 g/mol. The Kier molecular flexibility index (Phi) is 9.53. The van der Waals surface area contributed by atoms with Crippen molar-refractivity contribution in [2.24, 2.45) is 5.92 Å². The number of allylic oxidation sites excluding steroid dienone is 1. The van der Waals surface area contributed by atoms with Crippen LogP contribution in [0, 0.1) is 5.92 Å².